The summed E-state index contributed by atoms with van der Waals surface area (Å²) in [5.41, 5.74) is 4.88. The maximum absolute atomic E-state index is 12.1. The van der Waals surface area contributed by atoms with E-state index in [2.05, 4.69) is 20.2 Å². The lowest BCUT2D eigenvalue weighted by atomic mass is 10.1. The molecule has 1 N–H and O–H groups in total. The monoisotopic (exact) mass is 364 g/mol. The highest BCUT2D eigenvalue weighted by molar-refractivity contribution is 6.01. The highest BCUT2D eigenvalue weighted by atomic mass is 16.5. The first-order valence-electron chi connectivity index (χ1n) is 8.66. The largest absolute Gasteiger partial charge is 0.465 e. The van der Waals surface area contributed by atoms with Gasteiger partial charge in [-0.15, -0.1) is 0 Å². The normalized spacial score (nSPS) is 11.3. The number of ether oxygens (including phenoxy) is 1. The van der Waals surface area contributed by atoms with Crippen LogP contribution in [0.5, 0.6) is 0 Å². The van der Waals surface area contributed by atoms with E-state index < -0.39 is 5.97 Å². The number of H-pyrrole nitrogens is 1. The molecule has 0 amide bonds. The molecule has 1 aromatic carbocycles. The average Bonchev–Trinajstić information content (AvgIpc) is 3.39. The molecular weight excluding hydrogens is 344 g/mol. The van der Waals surface area contributed by atoms with Gasteiger partial charge in [0, 0.05) is 24.5 Å². The first-order valence-corrected chi connectivity index (χ1v) is 8.66. The van der Waals surface area contributed by atoms with Gasteiger partial charge in [-0.1, -0.05) is 0 Å². The highest BCUT2D eigenvalue weighted by Crippen LogP contribution is 2.30. The van der Waals surface area contributed by atoms with Crippen molar-refractivity contribution in [2.24, 2.45) is 7.05 Å². The summed E-state index contributed by atoms with van der Waals surface area (Å²) >= 11 is 0. The summed E-state index contributed by atoms with van der Waals surface area (Å²) < 4.78 is 8.54. The smallest absolute Gasteiger partial charge is 0.337 e. The van der Waals surface area contributed by atoms with Crippen LogP contribution >= 0.6 is 0 Å². The average molecular weight is 364 g/mol. The van der Waals surface area contributed by atoms with Gasteiger partial charge in [0.15, 0.2) is 0 Å². The molecule has 3 heterocycles. The topological polar surface area (TPSA) is 90.6 Å². The summed E-state index contributed by atoms with van der Waals surface area (Å²) in [7, 11) is 3.21. The molecule has 0 spiro atoms. The maximum Gasteiger partial charge on any atom is 0.337 e. The van der Waals surface area contributed by atoms with Crippen LogP contribution in [-0.2, 0) is 18.3 Å². The number of carbonyl (C=O) groups excluding carboxylic acids is 1. The SMILES string of the molecule is CCn1nc(C)cc1-c1cnc(-c2cc(C(=O)OC)cc3c2cnn3C)[nH]1. The molecule has 0 saturated carbocycles. The van der Waals surface area contributed by atoms with Gasteiger partial charge in [0.25, 0.3) is 0 Å². The lowest BCUT2D eigenvalue weighted by Gasteiger charge is -2.06. The van der Waals surface area contributed by atoms with E-state index >= 15 is 0 Å². The molecule has 27 heavy (non-hydrogen) atoms. The first-order chi connectivity index (χ1) is 13.0. The van der Waals surface area contributed by atoms with Gasteiger partial charge in [-0.25, -0.2) is 9.78 Å². The number of aromatic nitrogens is 6. The van der Waals surface area contributed by atoms with Gasteiger partial charge in [0.05, 0.1) is 47.7 Å². The van der Waals surface area contributed by atoms with Crippen LogP contribution < -0.4 is 0 Å². The molecule has 0 aliphatic rings. The van der Waals surface area contributed by atoms with Crippen LogP contribution in [0, 0.1) is 6.92 Å². The first kappa shape index (κ1) is 17.0. The third-order valence-corrected chi connectivity index (χ3v) is 4.60. The van der Waals surface area contributed by atoms with Gasteiger partial charge < -0.3 is 9.72 Å². The van der Waals surface area contributed by atoms with Crippen LogP contribution in [0.25, 0.3) is 33.7 Å². The second kappa shape index (κ2) is 6.39. The summed E-state index contributed by atoms with van der Waals surface area (Å²) in [5.74, 6) is 0.265. The van der Waals surface area contributed by atoms with Gasteiger partial charge in [0.2, 0.25) is 0 Å². The molecule has 0 bridgehead atoms. The quantitative estimate of drug-likeness (QED) is 0.562. The van der Waals surface area contributed by atoms with Gasteiger partial charge >= 0.3 is 5.97 Å². The predicted molar refractivity (Wildman–Crippen MR) is 101 cm³/mol. The van der Waals surface area contributed by atoms with E-state index in [-0.39, 0.29) is 0 Å². The fraction of sp³-hybridized carbons (Fsp3) is 0.263. The number of fused-ring (bicyclic) bond motifs is 1. The number of methoxy groups -OCH3 is 1. The fourth-order valence-corrected chi connectivity index (χ4v) is 3.27. The van der Waals surface area contributed by atoms with Crippen molar-refractivity contribution in [3.63, 3.8) is 0 Å². The Kier molecular flexibility index (Phi) is 4.02. The number of benzene rings is 1. The summed E-state index contributed by atoms with van der Waals surface area (Å²) in [6.45, 7) is 4.78. The zero-order valence-corrected chi connectivity index (χ0v) is 15.6. The standard InChI is InChI=1S/C19H20N6O2/c1-5-25-17(6-11(2)23-25)15-10-20-18(22-15)13-7-12(19(26)27-4)8-16-14(13)9-21-24(16)3/h6-10H,5H2,1-4H3,(H,20,22). The number of hydrogen-bond acceptors (Lipinski definition) is 5. The van der Waals surface area contributed by atoms with Crippen LogP contribution in [0.3, 0.4) is 0 Å². The minimum atomic E-state index is -0.397. The number of imidazole rings is 1. The van der Waals surface area contributed by atoms with Crippen LogP contribution in [0.15, 0.2) is 30.6 Å². The highest BCUT2D eigenvalue weighted by Gasteiger charge is 2.17. The number of carbonyl (C=O) groups is 1. The molecule has 0 aliphatic carbocycles. The number of aromatic amines is 1. The Labute approximate surface area is 155 Å². The molecule has 3 aromatic heterocycles. The van der Waals surface area contributed by atoms with E-state index in [1.165, 1.54) is 7.11 Å². The molecule has 0 fully saturated rings. The zero-order chi connectivity index (χ0) is 19.1. The van der Waals surface area contributed by atoms with E-state index in [0.29, 0.717) is 11.4 Å². The van der Waals surface area contributed by atoms with Gasteiger partial charge in [0.1, 0.15) is 5.82 Å². The molecular formula is C19H20N6O2. The maximum atomic E-state index is 12.1. The van der Waals surface area contributed by atoms with Crippen LogP contribution in [0.1, 0.15) is 23.0 Å². The summed E-state index contributed by atoms with van der Waals surface area (Å²) in [5, 5.41) is 9.70. The molecule has 0 radical (unpaired) electrons. The molecule has 0 unspecified atom stereocenters. The van der Waals surface area contributed by atoms with Crippen molar-refractivity contribution in [2.75, 3.05) is 7.11 Å². The number of rotatable bonds is 4. The molecule has 0 atom stereocenters. The third kappa shape index (κ3) is 2.79. The van der Waals surface area contributed by atoms with Gasteiger partial charge in [-0.3, -0.25) is 9.36 Å². The number of nitrogens with zero attached hydrogens (tertiary/aromatic N) is 5. The van der Waals surface area contributed by atoms with Crippen molar-refractivity contribution >= 4 is 16.9 Å². The van der Waals surface area contributed by atoms with Crippen LogP contribution in [0.2, 0.25) is 0 Å². The molecule has 0 aliphatic heterocycles. The summed E-state index contributed by atoms with van der Waals surface area (Å²) in [6, 6.07) is 5.57. The Morgan fingerprint density at radius 3 is 2.81 bits per heavy atom. The zero-order valence-electron chi connectivity index (χ0n) is 15.6. The molecule has 0 saturated heterocycles. The van der Waals surface area contributed by atoms with E-state index in [0.717, 1.165) is 40.1 Å². The number of esters is 1. The molecule has 8 heteroatoms. The second-order valence-electron chi connectivity index (χ2n) is 6.35. The lowest BCUT2D eigenvalue weighted by Crippen LogP contribution is -2.02. The Balaban J connectivity index is 1.88. The molecule has 8 nitrogen and oxygen atoms in total. The van der Waals surface area contributed by atoms with Crippen molar-refractivity contribution in [2.45, 2.75) is 20.4 Å². The van der Waals surface area contributed by atoms with Gasteiger partial charge in [-0.2, -0.15) is 10.2 Å². The number of aryl methyl sites for hydroxylation is 3. The van der Waals surface area contributed by atoms with Crippen molar-refractivity contribution in [1.29, 1.82) is 0 Å². The second-order valence-corrected chi connectivity index (χ2v) is 6.35. The fourth-order valence-electron chi connectivity index (χ4n) is 3.27. The Hall–Kier alpha value is -3.42. The molecule has 4 rings (SSSR count). The lowest BCUT2D eigenvalue weighted by molar-refractivity contribution is 0.0601. The number of nitrogens with one attached hydrogen (secondary N) is 1. The van der Waals surface area contributed by atoms with E-state index in [1.807, 2.05) is 31.6 Å². The van der Waals surface area contributed by atoms with E-state index in [9.17, 15) is 4.79 Å². The van der Waals surface area contributed by atoms with E-state index in [1.54, 1.807) is 29.2 Å². The Morgan fingerprint density at radius 1 is 1.26 bits per heavy atom. The van der Waals surface area contributed by atoms with Crippen LogP contribution in [-0.4, -0.2) is 42.6 Å². The minimum Gasteiger partial charge on any atom is -0.465 e. The van der Waals surface area contributed by atoms with Gasteiger partial charge in [-0.05, 0) is 32.0 Å². The molecule has 138 valence electrons. The Bertz CT molecular complexity index is 1150. The predicted octanol–water partition coefficient (Wildman–Crippen LogP) is 2.94. The Morgan fingerprint density at radius 2 is 2.07 bits per heavy atom. The van der Waals surface area contributed by atoms with Crippen LogP contribution in [0.4, 0.5) is 0 Å². The summed E-state index contributed by atoms with van der Waals surface area (Å²) in [6.07, 6.45) is 3.55. The summed E-state index contributed by atoms with van der Waals surface area (Å²) in [4.78, 5) is 20.0. The minimum absolute atomic E-state index is 0.397. The van der Waals surface area contributed by atoms with Crippen molar-refractivity contribution < 1.29 is 9.53 Å². The van der Waals surface area contributed by atoms with Crippen molar-refractivity contribution in [3.8, 4) is 22.8 Å². The van der Waals surface area contributed by atoms with E-state index in [4.69, 9.17) is 4.74 Å². The molecule has 4 aromatic rings. The van der Waals surface area contributed by atoms with Crippen molar-refractivity contribution in [1.82, 2.24) is 29.5 Å². The van der Waals surface area contributed by atoms with Crippen molar-refractivity contribution in [3.05, 3.63) is 41.9 Å². The third-order valence-electron chi connectivity index (χ3n) is 4.60. The number of hydrogen-bond donors (Lipinski definition) is 1.